The zero-order chi connectivity index (χ0) is 7.98. The van der Waals surface area contributed by atoms with E-state index in [1.165, 1.54) is 25.3 Å². The molecule has 61 valence electrons. The Balaban J connectivity index is 3.31. The fourth-order valence-electron chi connectivity index (χ4n) is 0.814. The summed E-state index contributed by atoms with van der Waals surface area (Å²) in [7, 11) is 0. The summed E-state index contributed by atoms with van der Waals surface area (Å²) in [4.78, 5) is 0. The highest BCUT2D eigenvalue weighted by Crippen LogP contribution is 2.23. The molecule has 0 spiro atoms. The van der Waals surface area contributed by atoms with Gasteiger partial charge in [0.05, 0.1) is 0 Å². The highest BCUT2D eigenvalue weighted by Gasteiger charge is 2.12. The molecule has 0 amide bonds. The maximum absolute atomic E-state index is 2.69. The van der Waals surface area contributed by atoms with Gasteiger partial charge < -0.3 is 0 Å². The van der Waals surface area contributed by atoms with Gasteiger partial charge >= 0.3 is 0 Å². The van der Waals surface area contributed by atoms with Crippen molar-refractivity contribution in [3.63, 3.8) is 0 Å². The van der Waals surface area contributed by atoms with Crippen molar-refractivity contribution >= 4 is 28.1 Å². The Morgan fingerprint density at radius 2 is 2.00 bits per heavy atom. The van der Waals surface area contributed by atoms with Crippen LogP contribution in [0.2, 0.25) is 11.6 Å². The third-order valence-corrected chi connectivity index (χ3v) is 9.03. The summed E-state index contributed by atoms with van der Waals surface area (Å²) in [6, 6.07) is 1.51. The topological polar surface area (TPSA) is 0 Å². The molecule has 2 heteroatoms. The molecular formula is C8H18ISi. The molecule has 10 heavy (non-hydrogen) atoms. The molecule has 0 N–H and O–H groups in total. The molecule has 0 heterocycles. The monoisotopic (exact) mass is 269 g/mol. The van der Waals surface area contributed by atoms with Gasteiger partial charge in [0.2, 0.25) is 0 Å². The van der Waals surface area contributed by atoms with E-state index in [1.807, 2.05) is 0 Å². The van der Waals surface area contributed by atoms with E-state index >= 15 is 0 Å². The highest BCUT2D eigenvalue weighted by atomic mass is 127. The third-order valence-electron chi connectivity index (χ3n) is 1.92. The van der Waals surface area contributed by atoms with Crippen molar-refractivity contribution in [2.45, 2.75) is 51.6 Å². The Labute approximate surface area is 79.6 Å². The summed E-state index contributed by atoms with van der Waals surface area (Å²) >= 11 is 2.69. The molecule has 0 aromatic heterocycles. The molecule has 0 aromatic rings. The smallest absolute Gasteiger partial charge is 0.121 e. The van der Waals surface area contributed by atoms with E-state index in [1.54, 1.807) is 0 Å². The molecule has 0 aliphatic heterocycles. The summed E-state index contributed by atoms with van der Waals surface area (Å²) < 4.78 is 0. The molecule has 0 saturated heterocycles. The van der Waals surface area contributed by atoms with Crippen molar-refractivity contribution in [1.29, 1.82) is 0 Å². The fourth-order valence-corrected chi connectivity index (χ4v) is 4.91. The fraction of sp³-hybridized carbons (Fsp3) is 1.00. The van der Waals surface area contributed by atoms with Gasteiger partial charge in [-0.25, -0.2) is 0 Å². The lowest BCUT2D eigenvalue weighted by Crippen LogP contribution is -2.08. The van der Waals surface area contributed by atoms with E-state index in [0.29, 0.717) is 0 Å². The number of hydrogen-bond acceptors (Lipinski definition) is 0. The summed E-state index contributed by atoms with van der Waals surface area (Å²) in [5, 5.41) is 0. The predicted molar refractivity (Wildman–Crippen MR) is 59.2 cm³/mol. The van der Waals surface area contributed by atoms with Gasteiger partial charge in [-0.1, -0.05) is 40.0 Å². The lowest BCUT2D eigenvalue weighted by atomic mass is 10.4. The van der Waals surface area contributed by atoms with Crippen molar-refractivity contribution in [2.75, 3.05) is 0 Å². The Hall–Kier alpha value is 0.947. The molecule has 0 aliphatic rings. The Kier molecular flexibility index (Phi) is 7.27. The first kappa shape index (κ1) is 10.9. The van der Waals surface area contributed by atoms with E-state index < -0.39 is 0 Å². The van der Waals surface area contributed by atoms with Gasteiger partial charge in [-0.05, 0) is 11.6 Å². The summed E-state index contributed by atoms with van der Waals surface area (Å²) in [5.74, 6) is 0. The van der Waals surface area contributed by atoms with Gasteiger partial charge in [0.1, 0.15) is 6.29 Å². The first-order valence-electron chi connectivity index (χ1n) is 4.23. The van der Waals surface area contributed by atoms with Crippen molar-refractivity contribution in [2.24, 2.45) is 0 Å². The SMILES string of the molecule is CCCC[Si](I)C(C)CC. The second-order valence-corrected chi connectivity index (χ2v) is 9.40. The van der Waals surface area contributed by atoms with Crippen molar-refractivity contribution < 1.29 is 0 Å². The highest BCUT2D eigenvalue weighted by molar-refractivity contribution is 14.1. The number of rotatable bonds is 5. The molecule has 0 nitrogen and oxygen atoms in total. The zero-order valence-corrected chi connectivity index (χ0v) is 10.4. The Morgan fingerprint density at radius 3 is 2.40 bits per heavy atom. The minimum absolute atomic E-state index is 0.0108. The summed E-state index contributed by atoms with van der Waals surface area (Å²) in [6.07, 6.45) is 4.18. The average Bonchev–Trinajstić information content (AvgIpc) is 1.98. The number of hydrogen-bond donors (Lipinski definition) is 0. The quantitative estimate of drug-likeness (QED) is 0.402. The van der Waals surface area contributed by atoms with E-state index in [2.05, 4.69) is 42.6 Å². The van der Waals surface area contributed by atoms with Crippen LogP contribution in [0, 0.1) is 0 Å². The van der Waals surface area contributed by atoms with E-state index in [9.17, 15) is 0 Å². The van der Waals surface area contributed by atoms with E-state index in [4.69, 9.17) is 0 Å². The average molecular weight is 269 g/mol. The minimum atomic E-state index is -0.0108. The second kappa shape index (κ2) is 6.64. The predicted octanol–water partition coefficient (Wildman–Crippen LogP) is 4.01. The van der Waals surface area contributed by atoms with Gasteiger partial charge in [0, 0.05) is 0 Å². The molecule has 0 rings (SSSR count). The largest absolute Gasteiger partial charge is 0.132 e. The number of halogens is 1. The normalized spacial score (nSPS) is 14.1. The van der Waals surface area contributed by atoms with Gasteiger partial charge in [0.15, 0.2) is 0 Å². The lowest BCUT2D eigenvalue weighted by molar-refractivity contribution is 0.829. The zero-order valence-electron chi connectivity index (χ0n) is 7.28. The van der Waals surface area contributed by atoms with Crippen LogP contribution in [-0.2, 0) is 0 Å². The van der Waals surface area contributed by atoms with Crippen LogP contribution in [0.15, 0.2) is 0 Å². The molecule has 0 bridgehead atoms. The molecule has 1 atom stereocenters. The standard InChI is InChI=1S/C8H18ISi/c1-4-6-7-10(9)8(3)5-2/h8H,4-7H2,1-3H3. The molecule has 1 unspecified atom stereocenters. The van der Waals surface area contributed by atoms with Crippen LogP contribution in [0.3, 0.4) is 0 Å². The van der Waals surface area contributed by atoms with Crippen LogP contribution in [0.25, 0.3) is 0 Å². The minimum Gasteiger partial charge on any atom is -0.121 e. The van der Waals surface area contributed by atoms with Gasteiger partial charge in [-0.3, -0.25) is 0 Å². The first-order chi connectivity index (χ1) is 4.72. The Morgan fingerprint density at radius 1 is 1.40 bits per heavy atom. The number of unbranched alkanes of at least 4 members (excludes halogenated alkanes) is 1. The van der Waals surface area contributed by atoms with Gasteiger partial charge in [-0.15, -0.1) is 21.8 Å². The maximum atomic E-state index is 2.69. The summed E-state index contributed by atoms with van der Waals surface area (Å²) in [6.45, 7) is 6.98. The van der Waals surface area contributed by atoms with E-state index in [-0.39, 0.29) is 6.29 Å². The van der Waals surface area contributed by atoms with Crippen LogP contribution in [-0.4, -0.2) is 6.29 Å². The van der Waals surface area contributed by atoms with Crippen LogP contribution in [0.5, 0.6) is 0 Å². The second-order valence-electron chi connectivity index (χ2n) is 2.86. The first-order valence-corrected chi connectivity index (χ1v) is 9.13. The molecule has 0 saturated carbocycles. The van der Waals surface area contributed by atoms with Gasteiger partial charge in [-0.2, -0.15) is 0 Å². The molecule has 1 radical (unpaired) electrons. The molecule has 0 fully saturated rings. The molecule has 0 aromatic carbocycles. The third kappa shape index (κ3) is 4.72. The van der Waals surface area contributed by atoms with Crippen molar-refractivity contribution in [3.05, 3.63) is 0 Å². The van der Waals surface area contributed by atoms with Crippen molar-refractivity contribution in [1.82, 2.24) is 0 Å². The van der Waals surface area contributed by atoms with Crippen LogP contribution in [0.4, 0.5) is 0 Å². The Bertz CT molecular complexity index is 75.7. The molecule has 0 aliphatic carbocycles. The van der Waals surface area contributed by atoms with Crippen LogP contribution in [0.1, 0.15) is 40.0 Å². The summed E-state index contributed by atoms with van der Waals surface area (Å²) in [5.41, 5.74) is 1.01. The maximum Gasteiger partial charge on any atom is 0.132 e. The molecular weight excluding hydrogens is 251 g/mol. The lowest BCUT2D eigenvalue weighted by Gasteiger charge is -2.12. The van der Waals surface area contributed by atoms with E-state index in [0.717, 1.165) is 5.54 Å². The van der Waals surface area contributed by atoms with Crippen molar-refractivity contribution in [3.8, 4) is 0 Å². The van der Waals surface area contributed by atoms with Crippen LogP contribution >= 0.6 is 21.8 Å². The van der Waals surface area contributed by atoms with Gasteiger partial charge in [0.25, 0.3) is 0 Å². The van der Waals surface area contributed by atoms with Crippen LogP contribution < -0.4 is 0 Å².